The van der Waals surface area contributed by atoms with Gasteiger partial charge in [-0.3, -0.25) is 9.59 Å². The number of amides is 1. The van der Waals surface area contributed by atoms with Crippen molar-refractivity contribution in [1.29, 1.82) is 0 Å². The van der Waals surface area contributed by atoms with Gasteiger partial charge in [-0.25, -0.2) is 0 Å². The number of hydrogen-bond acceptors (Lipinski definition) is 5. The van der Waals surface area contributed by atoms with E-state index in [2.05, 4.69) is 31.3 Å². The van der Waals surface area contributed by atoms with Crippen LogP contribution in [-0.2, 0) is 14.3 Å². The van der Waals surface area contributed by atoms with Gasteiger partial charge in [-0.05, 0) is 57.8 Å². The average Bonchev–Trinajstić information content (AvgIpc) is 3.21. The molecule has 0 aromatic heterocycles. The van der Waals surface area contributed by atoms with E-state index in [-0.39, 0.29) is 18.5 Å². The van der Waals surface area contributed by atoms with Gasteiger partial charge in [-0.2, -0.15) is 0 Å². The van der Waals surface area contributed by atoms with Gasteiger partial charge in [0.25, 0.3) is 0 Å². The first-order chi connectivity index (χ1) is 28.0. The Labute approximate surface area is 354 Å². The molecule has 0 heterocycles. The number of ether oxygens (including phenoxy) is 1. The van der Waals surface area contributed by atoms with Gasteiger partial charge in [0, 0.05) is 12.8 Å². The lowest BCUT2D eigenvalue weighted by atomic mass is 10.0. The van der Waals surface area contributed by atoms with Crippen molar-refractivity contribution in [2.24, 2.45) is 0 Å². The first kappa shape index (κ1) is 55.3. The molecule has 0 rings (SSSR count). The van der Waals surface area contributed by atoms with Crippen molar-refractivity contribution in [2.75, 3.05) is 13.2 Å². The van der Waals surface area contributed by atoms with E-state index in [1.807, 2.05) is 6.08 Å². The molecule has 2 unspecified atom stereocenters. The van der Waals surface area contributed by atoms with Gasteiger partial charge in [0.15, 0.2) is 0 Å². The van der Waals surface area contributed by atoms with Gasteiger partial charge in [0.2, 0.25) is 5.91 Å². The molecule has 0 aliphatic rings. The number of aliphatic hydroxyl groups excluding tert-OH is 2. The second kappa shape index (κ2) is 47.0. The van der Waals surface area contributed by atoms with Crippen molar-refractivity contribution >= 4 is 11.9 Å². The maximum absolute atomic E-state index is 12.4. The molecule has 0 aliphatic carbocycles. The number of allylic oxidation sites excluding steroid dienone is 3. The quantitative estimate of drug-likeness (QED) is 0.0324. The predicted octanol–water partition coefficient (Wildman–Crippen LogP) is 14.7. The molecule has 0 fully saturated rings. The second-order valence-electron chi connectivity index (χ2n) is 17.1. The highest BCUT2D eigenvalue weighted by atomic mass is 16.5. The van der Waals surface area contributed by atoms with Crippen LogP contribution in [0.1, 0.15) is 264 Å². The number of rotatable bonds is 46. The number of nitrogens with one attached hydrogen (secondary N) is 1. The fourth-order valence-corrected chi connectivity index (χ4v) is 7.57. The largest absolute Gasteiger partial charge is 0.466 e. The van der Waals surface area contributed by atoms with Crippen molar-refractivity contribution in [3.8, 4) is 0 Å². The Balaban J connectivity index is 3.46. The van der Waals surface area contributed by atoms with Gasteiger partial charge in [0.1, 0.15) is 0 Å². The lowest BCUT2D eigenvalue weighted by molar-refractivity contribution is -0.143. The number of aliphatic hydroxyl groups is 2. The Kier molecular flexibility index (Phi) is 45.7. The maximum Gasteiger partial charge on any atom is 0.305 e. The zero-order chi connectivity index (χ0) is 41.5. The van der Waals surface area contributed by atoms with Crippen molar-refractivity contribution in [3.05, 3.63) is 24.3 Å². The van der Waals surface area contributed by atoms with E-state index in [4.69, 9.17) is 4.74 Å². The van der Waals surface area contributed by atoms with Crippen molar-refractivity contribution in [2.45, 2.75) is 276 Å². The Morgan fingerprint density at radius 1 is 0.474 bits per heavy atom. The molecule has 0 spiro atoms. The fourth-order valence-electron chi connectivity index (χ4n) is 7.57. The Morgan fingerprint density at radius 2 is 0.825 bits per heavy atom. The predicted molar refractivity (Wildman–Crippen MR) is 246 cm³/mol. The van der Waals surface area contributed by atoms with E-state index in [1.54, 1.807) is 6.08 Å². The molecule has 0 radical (unpaired) electrons. The third-order valence-corrected chi connectivity index (χ3v) is 11.5. The van der Waals surface area contributed by atoms with Crippen LogP contribution in [0.4, 0.5) is 0 Å². The third kappa shape index (κ3) is 43.7. The fraction of sp³-hybridized carbons (Fsp3) is 0.882. The van der Waals surface area contributed by atoms with Crippen LogP contribution in [0, 0.1) is 0 Å². The van der Waals surface area contributed by atoms with E-state index < -0.39 is 12.1 Å². The summed E-state index contributed by atoms with van der Waals surface area (Å²) in [5.74, 6) is -0.0976. The molecule has 0 aromatic carbocycles. The highest BCUT2D eigenvalue weighted by Crippen LogP contribution is 2.15. The van der Waals surface area contributed by atoms with Gasteiger partial charge < -0.3 is 20.3 Å². The van der Waals surface area contributed by atoms with Crippen LogP contribution in [-0.4, -0.2) is 47.4 Å². The molecule has 0 aromatic rings. The van der Waals surface area contributed by atoms with Crippen LogP contribution in [0.15, 0.2) is 24.3 Å². The van der Waals surface area contributed by atoms with E-state index in [1.165, 1.54) is 180 Å². The molecule has 1 amide bonds. The molecule has 6 heteroatoms. The summed E-state index contributed by atoms with van der Waals surface area (Å²) in [5.41, 5.74) is 0. The summed E-state index contributed by atoms with van der Waals surface area (Å²) >= 11 is 0. The van der Waals surface area contributed by atoms with Crippen molar-refractivity contribution in [1.82, 2.24) is 5.32 Å². The third-order valence-electron chi connectivity index (χ3n) is 11.5. The van der Waals surface area contributed by atoms with Crippen LogP contribution in [0.2, 0.25) is 0 Å². The summed E-state index contributed by atoms with van der Waals surface area (Å²) in [6.07, 6.45) is 54.6. The van der Waals surface area contributed by atoms with Crippen LogP contribution < -0.4 is 5.32 Å². The van der Waals surface area contributed by atoms with E-state index in [0.29, 0.717) is 19.4 Å². The summed E-state index contributed by atoms with van der Waals surface area (Å²) in [7, 11) is 0. The van der Waals surface area contributed by atoms with Gasteiger partial charge >= 0.3 is 5.97 Å². The number of unbranched alkanes of at least 4 members (excludes halogenated alkanes) is 33. The van der Waals surface area contributed by atoms with Crippen molar-refractivity contribution < 1.29 is 24.5 Å². The Bertz CT molecular complexity index is 889. The maximum atomic E-state index is 12.4. The summed E-state index contributed by atoms with van der Waals surface area (Å²) in [4.78, 5) is 24.4. The summed E-state index contributed by atoms with van der Waals surface area (Å²) in [6.45, 7) is 4.85. The smallest absolute Gasteiger partial charge is 0.305 e. The standard InChI is InChI=1S/C51H97NO5/c1-3-5-7-9-11-13-15-16-17-18-21-25-29-33-37-41-45-51(56)57-46-42-38-34-30-26-22-19-20-24-28-32-36-40-44-50(55)52-48(47-53)49(54)43-39-35-31-27-23-14-12-10-8-6-4-2/h17-18,39,43,48-49,53-54H,3-16,19-38,40-42,44-47H2,1-2H3,(H,52,55)/b18-17-,43-39+. The van der Waals surface area contributed by atoms with Crippen LogP contribution >= 0.6 is 0 Å². The van der Waals surface area contributed by atoms with E-state index >= 15 is 0 Å². The molecule has 3 N–H and O–H groups in total. The van der Waals surface area contributed by atoms with Crippen LogP contribution in [0.3, 0.4) is 0 Å². The molecule has 6 nitrogen and oxygen atoms in total. The highest BCUT2D eigenvalue weighted by molar-refractivity contribution is 5.76. The monoisotopic (exact) mass is 804 g/mol. The zero-order valence-electron chi connectivity index (χ0n) is 38.1. The molecule has 57 heavy (non-hydrogen) atoms. The lowest BCUT2D eigenvalue weighted by Crippen LogP contribution is -2.45. The Hall–Kier alpha value is -1.66. The minimum absolute atomic E-state index is 0.0148. The second-order valence-corrected chi connectivity index (χ2v) is 17.1. The topological polar surface area (TPSA) is 95.9 Å². The number of esters is 1. The summed E-state index contributed by atoms with van der Waals surface area (Å²) in [6, 6.07) is -0.636. The van der Waals surface area contributed by atoms with Gasteiger partial charge in [0.05, 0.1) is 25.4 Å². The Morgan fingerprint density at radius 3 is 1.25 bits per heavy atom. The SMILES string of the molecule is CCCCCCCCC/C=C\CCCCCCCC(=O)OCCCCCCCCCCCCCCCC(=O)NC(CO)C(O)/C=C/CCCCCCCCCCC. The van der Waals surface area contributed by atoms with E-state index in [0.717, 1.165) is 57.8 Å². The van der Waals surface area contributed by atoms with Crippen LogP contribution in [0.5, 0.6) is 0 Å². The molecular weight excluding hydrogens is 707 g/mol. The number of carbonyl (C=O) groups excluding carboxylic acids is 2. The van der Waals surface area contributed by atoms with Crippen molar-refractivity contribution in [3.63, 3.8) is 0 Å². The molecular formula is C51H97NO5. The molecule has 336 valence electrons. The first-order valence-electron chi connectivity index (χ1n) is 25.1. The number of carbonyl (C=O) groups is 2. The molecule has 0 aliphatic heterocycles. The average molecular weight is 804 g/mol. The normalized spacial score (nSPS) is 12.8. The first-order valence-corrected chi connectivity index (χ1v) is 25.1. The highest BCUT2D eigenvalue weighted by Gasteiger charge is 2.18. The number of hydrogen-bond donors (Lipinski definition) is 3. The minimum atomic E-state index is -0.851. The lowest BCUT2D eigenvalue weighted by Gasteiger charge is -2.20. The molecule has 0 saturated heterocycles. The van der Waals surface area contributed by atoms with Gasteiger partial charge in [-0.15, -0.1) is 0 Å². The van der Waals surface area contributed by atoms with Gasteiger partial charge in [-0.1, -0.05) is 218 Å². The van der Waals surface area contributed by atoms with Crippen LogP contribution in [0.25, 0.3) is 0 Å². The summed E-state index contributed by atoms with van der Waals surface area (Å²) < 4.78 is 5.46. The molecule has 0 bridgehead atoms. The molecule has 0 saturated carbocycles. The molecule has 2 atom stereocenters. The van der Waals surface area contributed by atoms with E-state index in [9.17, 15) is 19.8 Å². The zero-order valence-corrected chi connectivity index (χ0v) is 38.1. The summed E-state index contributed by atoms with van der Waals surface area (Å²) in [5, 5.41) is 22.9. The minimum Gasteiger partial charge on any atom is -0.466 e.